The lowest BCUT2D eigenvalue weighted by atomic mass is 10.1. The fourth-order valence-electron chi connectivity index (χ4n) is 1.97. The summed E-state index contributed by atoms with van der Waals surface area (Å²) in [5.74, 6) is -2.42. The minimum Gasteiger partial charge on any atom is -0.545 e. The van der Waals surface area contributed by atoms with Crippen LogP contribution in [0.25, 0.3) is 0 Å². The van der Waals surface area contributed by atoms with Crippen molar-refractivity contribution in [2.45, 2.75) is 6.92 Å². The molecule has 0 spiro atoms. The van der Waals surface area contributed by atoms with Crippen LogP contribution in [0.4, 0.5) is 11.4 Å². The summed E-state index contributed by atoms with van der Waals surface area (Å²) in [7, 11) is 0. The van der Waals surface area contributed by atoms with E-state index in [2.05, 4.69) is 10.6 Å². The van der Waals surface area contributed by atoms with Crippen LogP contribution in [0.3, 0.4) is 0 Å². The van der Waals surface area contributed by atoms with Crippen LogP contribution in [0.2, 0.25) is 0 Å². The van der Waals surface area contributed by atoms with Crippen LogP contribution in [-0.4, -0.2) is 17.8 Å². The zero-order valence-corrected chi connectivity index (χ0v) is 12.9. The van der Waals surface area contributed by atoms with E-state index in [0.29, 0.717) is 23.0 Å². The van der Waals surface area contributed by atoms with Crippen molar-refractivity contribution in [1.82, 2.24) is 0 Å². The monoisotopic (exact) mass is 323 g/mol. The number of aryl methyl sites for hydroxylation is 1. The maximum Gasteiger partial charge on any atom is 0.255 e. The number of hydrogen-bond donors (Lipinski definition) is 2. The Morgan fingerprint density at radius 2 is 1.62 bits per heavy atom. The molecule has 0 aliphatic rings. The molecule has 6 heteroatoms. The Bertz CT molecular complexity index is 798. The van der Waals surface area contributed by atoms with E-state index in [9.17, 15) is 19.5 Å². The third kappa shape index (κ3) is 4.81. The Morgan fingerprint density at radius 3 is 2.29 bits per heavy atom. The van der Waals surface area contributed by atoms with Crippen LogP contribution in [0.5, 0.6) is 0 Å². The molecule has 0 atom stereocenters. The molecular weight excluding hydrogens is 308 g/mol. The van der Waals surface area contributed by atoms with Crippen LogP contribution >= 0.6 is 0 Å². The molecule has 0 saturated carbocycles. The highest BCUT2D eigenvalue weighted by Crippen LogP contribution is 2.24. The maximum atomic E-state index is 12.3. The lowest BCUT2D eigenvalue weighted by molar-refractivity contribution is -0.297. The van der Waals surface area contributed by atoms with Gasteiger partial charge in [0.05, 0.1) is 17.3 Å². The molecule has 122 valence electrons. The molecule has 0 aliphatic heterocycles. The largest absolute Gasteiger partial charge is 0.545 e. The van der Waals surface area contributed by atoms with Crippen molar-refractivity contribution in [3.63, 3.8) is 0 Å². The van der Waals surface area contributed by atoms with E-state index in [4.69, 9.17) is 0 Å². The Morgan fingerprint density at radius 1 is 0.917 bits per heavy atom. The lowest BCUT2D eigenvalue weighted by Crippen LogP contribution is -2.20. The quantitative estimate of drug-likeness (QED) is 0.815. The SMILES string of the molecule is Cc1ccc(NC(=O)/C=C/C(=O)[O-])c(NC(=O)c2ccccc2)c1. The zero-order chi connectivity index (χ0) is 17.5. The molecule has 2 N–H and O–H groups in total. The van der Waals surface area contributed by atoms with Crippen molar-refractivity contribution >= 4 is 29.2 Å². The summed E-state index contributed by atoms with van der Waals surface area (Å²) in [6.45, 7) is 1.85. The molecule has 0 saturated heterocycles. The van der Waals surface area contributed by atoms with Crippen LogP contribution < -0.4 is 15.7 Å². The van der Waals surface area contributed by atoms with Gasteiger partial charge in [0.15, 0.2) is 0 Å². The smallest absolute Gasteiger partial charge is 0.255 e. The van der Waals surface area contributed by atoms with Gasteiger partial charge in [0.1, 0.15) is 0 Å². The molecule has 2 amide bonds. The number of benzene rings is 2. The van der Waals surface area contributed by atoms with Gasteiger partial charge in [0.25, 0.3) is 5.91 Å². The van der Waals surface area contributed by atoms with E-state index in [1.54, 1.807) is 48.5 Å². The summed E-state index contributed by atoms with van der Waals surface area (Å²) in [4.78, 5) is 34.3. The van der Waals surface area contributed by atoms with Crippen LogP contribution in [0.15, 0.2) is 60.7 Å². The van der Waals surface area contributed by atoms with Gasteiger partial charge in [0, 0.05) is 11.6 Å². The van der Waals surface area contributed by atoms with E-state index in [1.807, 2.05) is 6.92 Å². The predicted octanol–water partition coefficient (Wildman–Crippen LogP) is 1.49. The summed E-state index contributed by atoms with van der Waals surface area (Å²) >= 11 is 0. The van der Waals surface area contributed by atoms with Gasteiger partial charge >= 0.3 is 0 Å². The fourth-order valence-corrected chi connectivity index (χ4v) is 1.97. The topological polar surface area (TPSA) is 98.3 Å². The number of rotatable bonds is 5. The Labute approximate surface area is 138 Å². The van der Waals surface area contributed by atoms with Gasteiger partial charge in [-0.05, 0) is 42.8 Å². The second-order valence-electron chi connectivity index (χ2n) is 5.01. The van der Waals surface area contributed by atoms with Crippen LogP contribution in [-0.2, 0) is 9.59 Å². The molecular formula is C18H15N2O4-. The minimum absolute atomic E-state index is 0.318. The number of carboxylic acids is 1. The Balaban J connectivity index is 2.20. The van der Waals surface area contributed by atoms with Gasteiger partial charge in [-0.1, -0.05) is 24.3 Å². The van der Waals surface area contributed by atoms with Crippen LogP contribution in [0.1, 0.15) is 15.9 Å². The number of nitrogens with one attached hydrogen (secondary N) is 2. The second kappa shape index (κ2) is 7.73. The van der Waals surface area contributed by atoms with Crippen molar-refractivity contribution in [2.24, 2.45) is 0 Å². The number of amides is 2. The number of carbonyl (C=O) groups is 3. The fraction of sp³-hybridized carbons (Fsp3) is 0.0556. The van der Waals surface area contributed by atoms with Gasteiger partial charge in [-0.3, -0.25) is 9.59 Å². The number of carboxylic acid groups (broad SMARTS) is 1. The molecule has 0 heterocycles. The number of aliphatic carboxylic acids is 1. The summed E-state index contributed by atoms with van der Waals surface area (Å²) < 4.78 is 0. The van der Waals surface area contributed by atoms with Crippen molar-refractivity contribution in [1.29, 1.82) is 0 Å². The summed E-state index contributed by atoms with van der Waals surface area (Å²) in [5.41, 5.74) is 2.15. The molecule has 2 aromatic carbocycles. The summed E-state index contributed by atoms with van der Waals surface area (Å²) in [5, 5.41) is 15.6. The maximum absolute atomic E-state index is 12.3. The third-order valence-electron chi connectivity index (χ3n) is 3.09. The number of anilines is 2. The van der Waals surface area contributed by atoms with Gasteiger partial charge in [0.2, 0.25) is 5.91 Å². The molecule has 2 aromatic rings. The highest BCUT2D eigenvalue weighted by Gasteiger charge is 2.10. The first-order valence-electron chi connectivity index (χ1n) is 7.13. The first-order valence-corrected chi connectivity index (χ1v) is 7.13. The molecule has 0 aromatic heterocycles. The molecule has 0 radical (unpaired) electrons. The third-order valence-corrected chi connectivity index (χ3v) is 3.09. The zero-order valence-electron chi connectivity index (χ0n) is 12.9. The van der Waals surface area contributed by atoms with E-state index in [1.165, 1.54) is 0 Å². The van der Waals surface area contributed by atoms with E-state index < -0.39 is 11.9 Å². The van der Waals surface area contributed by atoms with E-state index >= 15 is 0 Å². The van der Waals surface area contributed by atoms with Crippen molar-refractivity contribution in [3.05, 3.63) is 71.8 Å². The molecule has 0 aliphatic carbocycles. The molecule has 24 heavy (non-hydrogen) atoms. The van der Waals surface area contributed by atoms with E-state index in [0.717, 1.165) is 11.6 Å². The molecule has 2 rings (SSSR count). The van der Waals surface area contributed by atoms with Crippen molar-refractivity contribution < 1.29 is 19.5 Å². The minimum atomic E-state index is -1.47. The predicted molar refractivity (Wildman–Crippen MR) is 88.4 cm³/mol. The van der Waals surface area contributed by atoms with Gasteiger partial charge in [-0.25, -0.2) is 0 Å². The van der Waals surface area contributed by atoms with Gasteiger partial charge in [-0.15, -0.1) is 0 Å². The molecule has 0 unspecified atom stereocenters. The summed E-state index contributed by atoms with van der Waals surface area (Å²) in [6, 6.07) is 13.7. The average molecular weight is 323 g/mol. The molecule has 0 fully saturated rings. The van der Waals surface area contributed by atoms with Crippen molar-refractivity contribution in [3.8, 4) is 0 Å². The highest BCUT2D eigenvalue weighted by molar-refractivity contribution is 6.09. The first-order chi connectivity index (χ1) is 11.5. The highest BCUT2D eigenvalue weighted by atomic mass is 16.4. The molecule has 0 bridgehead atoms. The average Bonchev–Trinajstić information content (AvgIpc) is 2.56. The lowest BCUT2D eigenvalue weighted by Gasteiger charge is -2.12. The Hall–Kier alpha value is -3.41. The normalized spacial score (nSPS) is 10.4. The molecule has 6 nitrogen and oxygen atoms in total. The van der Waals surface area contributed by atoms with Crippen LogP contribution in [0, 0.1) is 6.92 Å². The number of carbonyl (C=O) groups excluding carboxylic acids is 3. The number of hydrogen-bond acceptors (Lipinski definition) is 4. The first kappa shape index (κ1) is 17.0. The Kier molecular flexibility index (Phi) is 5.46. The van der Waals surface area contributed by atoms with Crippen molar-refractivity contribution in [2.75, 3.05) is 10.6 Å². The standard InChI is InChI=1S/C18H16N2O4/c1-12-7-8-14(19-16(21)9-10-17(22)23)15(11-12)20-18(24)13-5-3-2-4-6-13/h2-11H,1H3,(H,19,21)(H,20,24)(H,22,23)/p-1/b10-9+. The van der Waals surface area contributed by atoms with E-state index in [-0.39, 0.29) is 5.91 Å². The van der Waals surface area contributed by atoms with Gasteiger partial charge in [-0.2, -0.15) is 0 Å². The summed E-state index contributed by atoms with van der Waals surface area (Å²) in [6.07, 6.45) is 1.48. The van der Waals surface area contributed by atoms with Gasteiger partial charge < -0.3 is 20.5 Å². The second-order valence-corrected chi connectivity index (χ2v) is 5.01.